The molecule has 0 spiro atoms. The lowest BCUT2D eigenvalue weighted by atomic mass is 9.89. The number of carbonyl (C=O) groups excluding carboxylic acids is 2. The number of nitrogens with zero attached hydrogens (tertiary/aromatic N) is 1. The van der Waals surface area contributed by atoms with E-state index in [2.05, 4.69) is 17.5 Å². The maximum Gasteiger partial charge on any atom is 0.309 e. The van der Waals surface area contributed by atoms with Crippen LogP contribution in [-0.4, -0.2) is 24.7 Å². The molecule has 142 valence electrons. The van der Waals surface area contributed by atoms with Crippen molar-refractivity contribution in [3.05, 3.63) is 35.9 Å². The Kier molecular flexibility index (Phi) is 8.32. The lowest BCUT2D eigenvalue weighted by Gasteiger charge is -2.18. The number of ether oxygens (including phenoxy) is 1. The smallest absolute Gasteiger partial charge is 0.309 e. The van der Waals surface area contributed by atoms with Crippen molar-refractivity contribution >= 4 is 17.6 Å². The van der Waals surface area contributed by atoms with Crippen LogP contribution < -0.4 is 5.43 Å². The Bertz CT molecular complexity index is 613. The number of hydrogen-bond acceptors (Lipinski definition) is 4. The van der Waals surface area contributed by atoms with Gasteiger partial charge in [0.2, 0.25) is 5.91 Å². The highest BCUT2D eigenvalue weighted by Gasteiger charge is 2.38. The van der Waals surface area contributed by atoms with E-state index in [4.69, 9.17) is 4.74 Å². The van der Waals surface area contributed by atoms with Crippen molar-refractivity contribution in [2.45, 2.75) is 58.3 Å². The number of benzene rings is 1. The van der Waals surface area contributed by atoms with E-state index in [1.54, 1.807) is 0 Å². The number of hydrazone groups is 1. The summed E-state index contributed by atoms with van der Waals surface area (Å²) in [4.78, 5) is 24.2. The van der Waals surface area contributed by atoms with E-state index in [0.717, 1.165) is 43.4 Å². The molecular weight excluding hydrogens is 328 g/mol. The highest BCUT2D eigenvalue weighted by molar-refractivity contribution is 5.94. The molecule has 5 heteroatoms. The van der Waals surface area contributed by atoms with Gasteiger partial charge in [0.25, 0.3) is 0 Å². The van der Waals surface area contributed by atoms with Gasteiger partial charge in [0.1, 0.15) is 0 Å². The van der Waals surface area contributed by atoms with E-state index in [1.807, 2.05) is 30.3 Å². The van der Waals surface area contributed by atoms with Gasteiger partial charge >= 0.3 is 5.97 Å². The van der Waals surface area contributed by atoms with E-state index in [0.29, 0.717) is 6.42 Å². The number of esters is 1. The van der Waals surface area contributed by atoms with Gasteiger partial charge in [0.05, 0.1) is 19.4 Å². The first-order chi connectivity index (χ1) is 12.7. The average molecular weight is 358 g/mol. The largest absolute Gasteiger partial charge is 0.469 e. The second-order valence-corrected chi connectivity index (χ2v) is 6.92. The Morgan fingerprint density at radius 3 is 2.65 bits per heavy atom. The molecule has 1 aliphatic carbocycles. The molecule has 0 bridgehead atoms. The van der Waals surface area contributed by atoms with Crippen LogP contribution in [0.3, 0.4) is 0 Å². The quantitative estimate of drug-likeness (QED) is 0.414. The number of rotatable bonds is 9. The van der Waals surface area contributed by atoms with Gasteiger partial charge in [-0.25, -0.2) is 5.43 Å². The van der Waals surface area contributed by atoms with Crippen LogP contribution in [-0.2, 0) is 20.7 Å². The molecular formula is C21H30N2O3. The molecule has 1 aromatic rings. The summed E-state index contributed by atoms with van der Waals surface area (Å²) in [5.74, 6) is -0.344. The Labute approximate surface area is 156 Å². The molecule has 2 rings (SSSR count). The molecule has 2 atom stereocenters. The fourth-order valence-corrected chi connectivity index (χ4v) is 3.61. The number of hydrogen-bond donors (Lipinski definition) is 1. The molecule has 0 aromatic heterocycles. The lowest BCUT2D eigenvalue weighted by Crippen LogP contribution is -2.27. The van der Waals surface area contributed by atoms with Crippen LogP contribution >= 0.6 is 0 Å². The van der Waals surface area contributed by atoms with Crippen molar-refractivity contribution in [2.75, 3.05) is 7.11 Å². The SMILES string of the molecule is CCCCCC[C@H]1/C(=N/NC(=O)Cc2ccccc2)CC[C@H]1C(=O)OC. The first-order valence-electron chi connectivity index (χ1n) is 9.62. The monoisotopic (exact) mass is 358 g/mol. The summed E-state index contributed by atoms with van der Waals surface area (Å²) in [6.07, 6.45) is 7.34. The summed E-state index contributed by atoms with van der Waals surface area (Å²) >= 11 is 0. The minimum atomic E-state index is -0.161. The lowest BCUT2D eigenvalue weighted by molar-refractivity contribution is -0.146. The highest BCUT2D eigenvalue weighted by Crippen LogP contribution is 2.34. The molecule has 1 aromatic carbocycles. The Balaban J connectivity index is 1.96. The molecule has 1 aliphatic rings. The molecule has 1 saturated carbocycles. The van der Waals surface area contributed by atoms with Crippen LogP contribution in [0, 0.1) is 11.8 Å². The van der Waals surface area contributed by atoms with E-state index in [9.17, 15) is 9.59 Å². The predicted molar refractivity (Wildman–Crippen MR) is 103 cm³/mol. The molecule has 1 N–H and O–H groups in total. The van der Waals surface area contributed by atoms with Crippen LogP contribution in [0.5, 0.6) is 0 Å². The van der Waals surface area contributed by atoms with E-state index >= 15 is 0 Å². The van der Waals surface area contributed by atoms with E-state index in [1.165, 1.54) is 20.0 Å². The van der Waals surface area contributed by atoms with Gasteiger partial charge in [-0.1, -0.05) is 62.9 Å². The van der Waals surface area contributed by atoms with Gasteiger partial charge in [0.15, 0.2) is 0 Å². The molecule has 0 aliphatic heterocycles. The number of unbranched alkanes of at least 4 members (excludes halogenated alkanes) is 3. The van der Waals surface area contributed by atoms with Crippen molar-refractivity contribution in [3.63, 3.8) is 0 Å². The molecule has 0 unspecified atom stereocenters. The summed E-state index contributed by atoms with van der Waals surface area (Å²) in [7, 11) is 1.44. The minimum Gasteiger partial charge on any atom is -0.469 e. The topological polar surface area (TPSA) is 67.8 Å². The number of amides is 1. The normalized spacial score (nSPS) is 20.9. The Hall–Kier alpha value is -2.17. The zero-order valence-electron chi connectivity index (χ0n) is 15.9. The summed E-state index contributed by atoms with van der Waals surface area (Å²) < 4.78 is 4.96. The van der Waals surface area contributed by atoms with E-state index in [-0.39, 0.29) is 23.7 Å². The standard InChI is InChI=1S/C21H30N2O3/c1-3-4-5-9-12-17-18(21(25)26-2)13-14-19(17)22-23-20(24)15-16-10-7-6-8-11-16/h6-8,10-11,17-18H,3-5,9,12-15H2,1-2H3,(H,23,24)/b22-19+/t17-,18-/m1/s1. The summed E-state index contributed by atoms with van der Waals surface area (Å²) in [6, 6.07) is 9.60. The van der Waals surface area contributed by atoms with Gasteiger partial charge in [0, 0.05) is 11.6 Å². The third kappa shape index (κ3) is 5.97. The molecule has 26 heavy (non-hydrogen) atoms. The van der Waals surface area contributed by atoms with Crippen LogP contribution in [0.1, 0.15) is 57.4 Å². The molecule has 0 radical (unpaired) electrons. The van der Waals surface area contributed by atoms with Crippen LogP contribution in [0.25, 0.3) is 0 Å². The minimum absolute atomic E-state index is 0.0799. The summed E-state index contributed by atoms with van der Waals surface area (Å²) in [6.45, 7) is 2.18. The fourth-order valence-electron chi connectivity index (χ4n) is 3.61. The summed E-state index contributed by atoms with van der Waals surface area (Å²) in [5, 5.41) is 4.38. The van der Waals surface area contributed by atoms with Gasteiger partial charge in [-0.2, -0.15) is 5.10 Å². The molecule has 0 heterocycles. The summed E-state index contributed by atoms with van der Waals surface area (Å²) in [5.41, 5.74) is 4.57. The number of nitrogens with one attached hydrogen (secondary N) is 1. The third-order valence-electron chi connectivity index (χ3n) is 5.03. The van der Waals surface area contributed by atoms with Crippen molar-refractivity contribution in [2.24, 2.45) is 16.9 Å². The van der Waals surface area contributed by atoms with Crippen LogP contribution in [0.15, 0.2) is 35.4 Å². The van der Waals surface area contributed by atoms with E-state index < -0.39 is 0 Å². The zero-order valence-corrected chi connectivity index (χ0v) is 15.9. The molecule has 5 nitrogen and oxygen atoms in total. The molecule has 0 saturated heterocycles. The molecule has 1 amide bonds. The maximum atomic E-state index is 12.1. The second kappa shape index (κ2) is 10.7. The number of methoxy groups -OCH3 is 1. The third-order valence-corrected chi connectivity index (χ3v) is 5.03. The number of carbonyl (C=O) groups is 2. The predicted octanol–water partition coefficient (Wildman–Crippen LogP) is 3.87. The van der Waals surface area contributed by atoms with Gasteiger partial charge in [-0.3, -0.25) is 9.59 Å². The molecule has 1 fully saturated rings. The highest BCUT2D eigenvalue weighted by atomic mass is 16.5. The van der Waals surface area contributed by atoms with Crippen molar-refractivity contribution in [1.29, 1.82) is 0 Å². The van der Waals surface area contributed by atoms with Crippen molar-refractivity contribution in [1.82, 2.24) is 5.43 Å². The first kappa shape index (κ1) is 20.1. The average Bonchev–Trinajstić information content (AvgIpc) is 3.06. The fraction of sp³-hybridized carbons (Fsp3) is 0.571. The Morgan fingerprint density at radius 2 is 1.96 bits per heavy atom. The Morgan fingerprint density at radius 1 is 1.19 bits per heavy atom. The van der Waals surface area contributed by atoms with Crippen LogP contribution in [0.2, 0.25) is 0 Å². The van der Waals surface area contributed by atoms with Crippen molar-refractivity contribution in [3.8, 4) is 0 Å². The van der Waals surface area contributed by atoms with Gasteiger partial charge in [-0.15, -0.1) is 0 Å². The van der Waals surface area contributed by atoms with Crippen LogP contribution in [0.4, 0.5) is 0 Å². The maximum absolute atomic E-state index is 12.1. The van der Waals surface area contributed by atoms with Gasteiger partial charge in [-0.05, 0) is 24.8 Å². The van der Waals surface area contributed by atoms with Crippen molar-refractivity contribution < 1.29 is 14.3 Å². The zero-order chi connectivity index (χ0) is 18.8. The second-order valence-electron chi connectivity index (χ2n) is 6.92. The first-order valence-corrected chi connectivity index (χ1v) is 9.62. The van der Waals surface area contributed by atoms with Gasteiger partial charge < -0.3 is 4.74 Å².